The predicted octanol–water partition coefficient (Wildman–Crippen LogP) is 4.27. The molecule has 0 aliphatic carbocycles. The second-order valence-electron chi connectivity index (χ2n) is 11.3. The number of anilines is 1. The van der Waals surface area contributed by atoms with Crippen LogP contribution in [0.3, 0.4) is 0 Å². The minimum Gasteiger partial charge on any atom is -0.466 e. The summed E-state index contributed by atoms with van der Waals surface area (Å²) >= 11 is 1.63. The first kappa shape index (κ1) is 28.7. The van der Waals surface area contributed by atoms with Crippen LogP contribution in [0, 0.1) is 31.6 Å². The highest BCUT2D eigenvalue weighted by molar-refractivity contribution is 8.02. The second kappa shape index (κ2) is 10.7. The number of benzene rings is 1. The molecule has 3 fully saturated rings. The molecule has 2 amide bonds. The Morgan fingerprint density at radius 2 is 1.95 bits per heavy atom. The Kier molecular flexibility index (Phi) is 8.06. The fourth-order valence-corrected chi connectivity index (χ4v) is 9.53. The number of esters is 1. The number of carbonyl (C=O) groups is 3. The fraction of sp³-hybridized carbons (Fsp3) is 0.633. The van der Waals surface area contributed by atoms with Crippen LogP contribution < -0.4 is 4.90 Å². The number of hydrogen-bond acceptors (Lipinski definition) is 6. The molecule has 7 atom stereocenters. The molecule has 208 valence electrons. The third kappa shape index (κ3) is 4.19. The van der Waals surface area contributed by atoms with Gasteiger partial charge in [-0.25, -0.2) is 0 Å². The Morgan fingerprint density at radius 1 is 1.29 bits per heavy atom. The molecule has 0 saturated carbocycles. The maximum Gasteiger partial charge on any atom is 0.311 e. The topological polar surface area (TPSA) is 87.2 Å². The standard InChI is InChI=1S/C30H42N2O5S/c1-8-16-31(24-19(5)12-11-13-20(24)6)27(35)25-30-15-14-29(7,38-30)23(28(36)37-10-3)22(30)26(34)32(25)21(17-33)18(4)9-2/h8,11-13,18,21-23,25,33H,1,9-10,14-17H2,2-7H3/t18-,21-,22-,23-,25?,29+,30?/m0/s1. The molecule has 0 aromatic heterocycles. The van der Waals surface area contributed by atoms with E-state index in [9.17, 15) is 19.5 Å². The largest absolute Gasteiger partial charge is 0.466 e. The maximum atomic E-state index is 14.8. The van der Waals surface area contributed by atoms with Gasteiger partial charge in [0.25, 0.3) is 5.91 Å². The van der Waals surface area contributed by atoms with Crippen LogP contribution in [0.25, 0.3) is 0 Å². The average Bonchev–Trinajstić information content (AvgIpc) is 3.44. The van der Waals surface area contributed by atoms with Gasteiger partial charge in [0.1, 0.15) is 6.04 Å². The van der Waals surface area contributed by atoms with Crippen molar-refractivity contribution in [2.24, 2.45) is 17.8 Å². The molecule has 2 bridgehead atoms. The van der Waals surface area contributed by atoms with E-state index in [1.807, 2.05) is 52.8 Å². The highest BCUT2D eigenvalue weighted by atomic mass is 32.2. The molecule has 2 unspecified atom stereocenters. The van der Waals surface area contributed by atoms with Crippen LogP contribution in [0.15, 0.2) is 30.9 Å². The van der Waals surface area contributed by atoms with Crippen molar-refractivity contribution < 1.29 is 24.2 Å². The summed E-state index contributed by atoms with van der Waals surface area (Å²) in [6.45, 7) is 16.0. The Labute approximate surface area is 231 Å². The molecule has 4 rings (SSSR count). The number of aryl methyl sites for hydroxylation is 2. The summed E-state index contributed by atoms with van der Waals surface area (Å²) in [5.74, 6) is -2.07. The van der Waals surface area contributed by atoms with Gasteiger partial charge in [-0.1, -0.05) is 44.5 Å². The first-order valence-electron chi connectivity index (χ1n) is 13.8. The maximum absolute atomic E-state index is 14.8. The van der Waals surface area contributed by atoms with E-state index in [0.717, 1.165) is 29.7 Å². The smallest absolute Gasteiger partial charge is 0.311 e. The number of ether oxygens (including phenoxy) is 1. The average molecular weight is 543 g/mol. The van der Waals surface area contributed by atoms with Crippen molar-refractivity contribution in [3.63, 3.8) is 0 Å². The Bertz CT molecular complexity index is 1100. The molecule has 1 aromatic carbocycles. The van der Waals surface area contributed by atoms with E-state index in [0.29, 0.717) is 13.0 Å². The number of carbonyl (C=O) groups excluding carboxylic acids is 3. The molecule has 1 N–H and O–H groups in total. The molecule has 3 aliphatic rings. The zero-order valence-electron chi connectivity index (χ0n) is 23.5. The van der Waals surface area contributed by atoms with E-state index in [-0.39, 0.29) is 36.9 Å². The zero-order valence-corrected chi connectivity index (χ0v) is 24.3. The van der Waals surface area contributed by atoms with Gasteiger partial charge in [0.05, 0.1) is 35.8 Å². The van der Waals surface area contributed by atoms with E-state index < -0.39 is 33.4 Å². The number of aliphatic hydroxyl groups is 1. The van der Waals surface area contributed by atoms with Crippen LogP contribution in [0.5, 0.6) is 0 Å². The number of rotatable bonds is 10. The third-order valence-electron chi connectivity index (χ3n) is 9.12. The van der Waals surface area contributed by atoms with Gasteiger partial charge in [-0.05, 0) is 57.6 Å². The lowest BCUT2D eigenvalue weighted by Gasteiger charge is -2.41. The lowest BCUT2D eigenvalue weighted by atomic mass is 9.66. The minimum atomic E-state index is -0.809. The molecule has 1 aromatic rings. The van der Waals surface area contributed by atoms with Crippen LogP contribution in [0.1, 0.15) is 58.1 Å². The molecule has 3 heterocycles. The number of amides is 2. The van der Waals surface area contributed by atoms with Gasteiger partial charge >= 0.3 is 5.97 Å². The number of para-hydroxylation sites is 1. The van der Waals surface area contributed by atoms with Crippen molar-refractivity contribution in [2.45, 2.75) is 82.4 Å². The normalized spacial score (nSPS) is 31.2. The molecular formula is C30H42N2O5S. The molecule has 1 spiro atoms. The minimum absolute atomic E-state index is 0.0265. The van der Waals surface area contributed by atoms with Crippen molar-refractivity contribution >= 4 is 35.2 Å². The van der Waals surface area contributed by atoms with E-state index in [4.69, 9.17) is 4.74 Å². The quantitative estimate of drug-likeness (QED) is 0.351. The summed E-state index contributed by atoms with van der Waals surface area (Å²) in [5.41, 5.74) is 2.75. The molecule has 8 heteroatoms. The molecule has 0 radical (unpaired) electrons. The summed E-state index contributed by atoms with van der Waals surface area (Å²) in [6.07, 6.45) is 3.83. The summed E-state index contributed by atoms with van der Waals surface area (Å²) in [7, 11) is 0. The molecule has 3 saturated heterocycles. The van der Waals surface area contributed by atoms with Crippen molar-refractivity contribution in [1.82, 2.24) is 4.90 Å². The van der Waals surface area contributed by atoms with Crippen molar-refractivity contribution in [3.8, 4) is 0 Å². The van der Waals surface area contributed by atoms with Gasteiger partial charge in [0.2, 0.25) is 5.91 Å². The molecule has 7 nitrogen and oxygen atoms in total. The SMILES string of the molecule is C=CCN(C(=O)C1N([C@@H](CO)[C@@H](C)CC)C(=O)[C@@H]2[C@@H](C(=O)OCC)[C@@]3(C)CCC12S3)c1c(C)cccc1C. The monoisotopic (exact) mass is 542 g/mol. The van der Waals surface area contributed by atoms with Gasteiger partial charge in [0, 0.05) is 17.0 Å². The summed E-state index contributed by atoms with van der Waals surface area (Å²) in [5, 5.41) is 10.6. The molecular weight excluding hydrogens is 500 g/mol. The summed E-state index contributed by atoms with van der Waals surface area (Å²) in [6, 6.07) is 4.59. The van der Waals surface area contributed by atoms with E-state index in [1.165, 1.54) is 0 Å². The first-order valence-corrected chi connectivity index (χ1v) is 14.6. The summed E-state index contributed by atoms with van der Waals surface area (Å²) < 4.78 is 4.24. The number of nitrogens with zero attached hydrogens (tertiary/aromatic N) is 2. The van der Waals surface area contributed by atoms with Gasteiger partial charge in [-0.2, -0.15) is 0 Å². The highest BCUT2D eigenvalue weighted by Crippen LogP contribution is 2.72. The van der Waals surface area contributed by atoms with E-state index >= 15 is 0 Å². The van der Waals surface area contributed by atoms with Gasteiger partial charge < -0.3 is 19.6 Å². The lowest BCUT2D eigenvalue weighted by molar-refractivity contribution is -0.155. The Balaban J connectivity index is 1.90. The predicted molar refractivity (Wildman–Crippen MR) is 151 cm³/mol. The Hall–Kier alpha value is -2.32. The molecule has 38 heavy (non-hydrogen) atoms. The van der Waals surface area contributed by atoms with Gasteiger partial charge in [-0.3, -0.25) is 14.4 Å². The second-order valence-corrected chi connectivity index (χ2v) is 13.2. The van der Waals surface area contributed by atoms with Crippen LogP contribution >= 0.6 is 11.8 Å². The fourth-order valence-electron chi connectivity index (χ4n) is 7.20. The number of hydrogen-bond donors (Lipinski definition) is 1. The molecule has 3 aliphatic heterocycles. The van der Waals surface area contributed by atoms with E-state index in [1.54, 1.807) is 34.6 Å². The zero-order chi connectivity index (χ0) is 28.0. The first-order chi connectivity index (χ1) is 18.0. The number of thioether (sulfide) groups is 1. The van der Waals surface area contributed by atoms with Crippen LogP contribution in [-0.4, -0.2) is 69.1 Å². The van der Waals surface area contributed by atoms with Gasteiger partial charge in [0.15, 0.2) is 0 Å². The van der Waals surface area contributed by atoms with Crippen LogP contribution in [0.4, 0.5) is 5.69 Å². The van der Waals surface area contributed by atoms with Crippen molar-refractivity contribution in [3.05, 3.63) is 42.0 Å². The van der Waals surface area contributed by atoms with E-state index in [2.05, 4.69) is 6.58 Å². The van der Waals surface area contributed by atoms with Crippen LogP contribution in [0.2, 0.25) is 0 Å². The van der Waals surface area contributed by atoms with Gasteiger partial charge in [-0.15, -0.1) is 18.3 Å². The van der Waals surface area contributed by atoms with Crippen molar-refractivity contribution in [1.29, 1.82) is 0 Å². The number of likely N-dealkylation sites (tertiary alicyclic amines) is 1. The number of aliphatic hydroxyl groups excluding tert-OH is 1. The third-order valence-corrected chi connectivity index (χ3v) is 11.1. The highest BCUT2D eigenvalue weighted by Gasteiger charge is 2.78. The lowest BCUT2D eigenvalue weighted by Crippen LogP contribution is -2.59. The Morgan fingerprint density at radius 3 is 2.50 bits per heavy atom. The van der Waals surface area contributed by atoms with Crippen molar-refractivity contribution in [2.75, 3.05) is 24.7 Å². The summed E-state index contributed by atoms with van der Waals surface area (Å²) in [4.78, 5) is 46.0. The van der Waals surface area contributed by atoms with Crippen LogP contribution in [-0.2, 0) is 19.1 Å². The number of fused-ring (bicyclic) bond motifs is 1.